The van der Waals surface area contributed by atoms with E-state index in [0.29, 0.717) is 13.1 Å². The van der Waals surface area contributed by atoms with Crippen molar-refractivity contribution in [2.24, 2.45) is 0 Å². The van der Waals surface area contributed by atoms with Gasteiger partial charge in [-0.15, -0.1) is 0 Å². The summed E-state index contributed by atoms with van der Waals surface area (Å²) in [4.78, 5) is 0. The van der Waals surface area contributed by atoms with Gasteiger partial charge in [0.2, 0.25) is 0 Å². The van der Waals surface area contributed by atoms with Crippen LogP contribution in [-0.2, 0) is 6.54 Å². The van der Waals surface area contributed by atoms with Gasteiger partial charge in [-0.1, -0.05) is 12.1 Å². The lowest BCUT2D eigenvalue weighted by atomic mass is 10.1. The first kappa shape index (κ1) is 13.3. The predicted octanol–water partition coefficient (Wildman–Crippen LogP) is -0.522. The molecule has 4 N–H and O–H groups in total. The standard InChI is InChI=1S/C13H20N2O3/c1-18-10-4-2-9(3-5-10)6-14-7-11-13(17)12(16)8-15-11/h2-5,11-17H,6-8H2,1H3/t11-,12-,13+/m0/s1. The number of hydrogen-bond donors (Lipinski definition) is 4. The summed E-state index contributed by atoms with van der Waals surface area (Å²) in [6, 6.07) is 7.75. The molecule has 18 heavy (non-hydrogen) atoms. The van der Waals surface area contributed by atoms with E-state index in [0.717, 1.165) is 17.9 Å². The third kappa shape index (κ3) is 3.20. The smallest absolute Gasteiger partial charge is 0.118 e. The molecule has 1 fully saturated rings. The molecule has 1 saturated heterocycles. The van der Waals surface area contributed by atoms with Crippen molar-refractivity contribution in [1.82, 2.24) is 10.6 Å². The summed E-state index contributed by atoms with van der Waals surface area (Å²) >= 11 is 0. The number of ether oxygens (including phenoxy) is 1. The van der Waals surface area contributed by atoms with Crippen molar-refractivity contribution in [2.75, 3.05) is 20.2 Å². The molecule has 1 aromatic rings. The van der Waals surface area contributed by atoms with Crippen LogP contribution in [0.3, 0.4) is 0 Å². The molecule has 0 radical (unpaired) electrons. The molecule has 0 aliphatic carbocycles. The normalized spacial score (nSPS) is 27.4. The molecule has 5 heteroatoms. The second-order valence-corrected chi connectivity index (χ2v) is 4.55. The number of methoxy groups -OCH3 is 1. The minimum absolute atomic E-state index is 0.0850. The first-order chi connectivity index (χ1) is 8.70. The number of aliphatic hydroxyl groups is 2. The second-order valence-electron chi connectivity index (χ2n) is 4.55. The quantitative estimate of drug-likeness (QED) is 0.567. The van der Waals surface area contributed by atoms with Gasteiger partial charge in [-0.05, 0) is 17.7 Å². The maximum absolute atomic E-state index is 9.65. The van der Waals surface area contributed by atoms with Crippen LogP contribution >= 0.6 is 0 Å². The summed E-state index contributed by atoms with van der Waals surface area (Å²) in [5, 5.41) is 25.4. The lowest BCUT2D eigenvalue weighted by Crippen LogP contribution is -2.41. The van der Waals surface area contributed by atoms with Gasteiger partial charge in [-0.25, -0.2) is 0 Å². The Bertz CT molecular complexity index is 369. The minimum atomic E-state index is -0.687. The van der Waals surface area contributed by atoms with Gasteiger partial charge in [0.25, 0.3) is 0 Å². The molecule has 0 unspecified atom stereocenters. The monoisotopic (exact) mass is 252 g/mol. The van der Waals surface area contributed by atoms with E-state index >= 15 is 0 Å². The summed E-state index contributed by atoms with van der Waals surface area (Å²) in [5.74, 6) is 0.842. The molecular formula is C13H20N2O3. The molecule has 3 atom stereocenters. The number of rotatable bonds is 5. The van der Waals surface area contributed by atoms with Crippen LogP contribution in [0.1, 0.15) is 5.56 Å². The number of hydrogen-bond acceptors (Lipinski definition) is 5. The first-order valence-corrected chi connectivity index (χ1v) is 6.14. The van der Waals surface area contributed by atoms with Gasteiger partial charge >= 0.3 is 0 Å². The molecule has 1 heterocycles. The summed E-state index contributed by atoms with van der Waals surface area (Å²) in [5.41, 5.74) is 1.16. The first-order valence-electron chi connectivity index (χ1n) is 6.14. The highest BCUT2D eigenvalue weighted by atomic mass is 16.5. The summed E-state index contributed by atoms with van der Waals surface area (Å²) in [6.45, 7) is 1.81. The van der Waals surface area contributed by atoms with Crippen LogP contribution in [0.2, 0.25) is 0 Å². The SMILES string of the molecule is COc1ccc(CNC[C@@H]2NC[C@H](O)[C@@H]2O)cc1. The lowest BCUT2D eigenvalue weighted by molar-refractivity contribution is 0.0407. The molecule has 0 saturated carbocycles. The number of nitrogens with one attached hydrogen (secondary N) is 2. The van der Waals surface area contributed by atoms with Gasteiger partial charge in [0.15, 0.2) is 0 Å². The Morgan fingerprint density at radius 2 is 2.06 bits per heavy atom. The van der Waals surface area contributed by atoms with E-state index in [4.69, 9.17) is 4.74 Å². The number of benzene rings is 1. The van der Waals surface area contributed by atoms with Gasteiger partial charge in [0.1, 0.15) is 5.75 Å². The minimum Gasteiger partial charge on any atom is -0.497 e. The van der Waals surface area contributed by atoms with E-state index in [1.54, 1.807) is 7.11 Å². The lowest BCUT2D eigenvalue weighted by Gasteiger charge is -2.16. The Morgan fingerprint density at radius 1 is 1.33 bits per heavy atom. The molecule has 100 valence electrons. The van der Waals surface area contributed by atoms with E-state index in [1.807, 2.05) is 24.3 Å². The third-order valence-corrected chi connectivity index (χ3v) is 3.25. The van der Waals surface area contributed by atoms with Gasteiger partial charge in [0, 0.05) is 25.7 Å². The Balaban J connectivity index is 1.74. The van der Waals surface area contributed by atoms with Gasteiger partial charge in [-0.2, -0.15) is 0 Å². The zero-order chi connectivity index (χ0) is 13.0. The highest BCUT2D eigenvalue weighted by Gasteiger charge is 2.32. The van der Waals surface area contributed by atoms with E-state index in [-0.39, 0.29) is 6.04 Å². The van der Waals surface area contributed by atoms with Gasteiger partial charge < -0.3 is 25.6 Å². The topological polar surface area (TPSA) is 73.8 Å². The van der Waals surface area contributed by atoms with E-state index in [9.17, 15) is 10.2 Å². The predicted molar refractivity (Wildman–Crippen MR) is 68.5 cm³/mol. The zero-order valence-electron chi connectivity index (χ0n) is 10.5. The van der Waals surface area contributed by atoms with E-state index < -0.39 is 12.2 Å². The number of β-amino-alcohol motifs (C(OH)–C–C–N with tert-alkyl or cyclic N) is 1. The van der Waals surface area contributed by atoms with Crippen molar-refractivity contribution in [3.63, 3.8) is 0 Å². The average molecular weight is 252 g/mol. The molecule has 2 rings (SSSR count). The molecule has 1 aliphatic heterocycles. The number of aliphatic hydroxyl groups excluding tert-OH is 2. The van der Waals surface area contributed by atoms with Crippen molar-refractivity contribution in [3.05, 3.63) is 29.8 Å². The fourth-order valence-corrected chi connectivity index (χ4v) is 2.09. The highest BCUT2D eigenvalue weighted by Crippen LogP contribution is 2.11. The maximum Gasteiger partial charge on any atom is 0.118 e. The van der Waals surface area contributed by atoms with Crippen LogP contribution < -0.4 is 15.4 Å². The Labute approximate surface area is 107 Å². The molecule has 0 amide bonds. The summed E-state index contributed by atoms with van der Waals surface area (Å²) in [7, 11) is 1.64. The van der Waals surface area contributed by atoms with Crippen molar-refractivity contribution in [1.29, 1.82) is 0 Å². The summed E-state index contributed by atoms with van der Waals surface area (Å²) < 4.78 is 5.09. The zero-order valence-corrected chi connectivity index (χ0v) is 10.5. The van der Waals surface area contributed by atoms with E-state index in [2.05, 4.69) is 10.6 Å². The van der Waals surface area contributed by atoms with Crippen molar-refractivity contribution < 1.29 is 14.9 Å². The molecule has 5 nitrogen and oxygen atoms in total. The Hall–Kier alpha value is -1.14. The van der Waals surface area contributed by atoms with E-state index in [1.165, 1.54) is 0 Å². The van der Waals surface area contributed by atoms with Crippen molar-refractivity contribution in [3.8, 4) is 5.75 Å². The van der Waals surface area contributed by atoms with Crippen molar-refractivity contribution >= 4 is 0 Å². The van der Waals surface area contributed by atoms with Crippen LogP contribution in [0.4, 0.5) is 0 Å². The van der Waals surface area contributed by atoms with Crippen LogP contribution in [0.5, 0.6) is 5.75 Å². The molecule has 0 aromatic heterocycles. The summed E-state index contributed by atoms with van der Waals surface area (Å²) in [6.07, 6.45) is -1.34. The van der Waals surface area contributed by atoms with Crippen molar-refractivity contribution in [2.45, 2.75) is 24.8 Å². The molecule has 1 aliphatic rings. The van der Waals surface area contributed by atoms with Crippen LogP contribution in [-0.4, -0.2) is 48.7 Å². The van der Waals surface area contributed by atoms with Crippen LogP contribution in [0.15, 0.2) is 24.3 Å². The fourth-order valence-electron chi connectivity index (χ4n) is 2.09. The van der Waals surface area contributed by atoms with Crippen LogP contribution in [0.25, 0.3) is 0 Å². The highest BCUT2D eigenvalue weighted by molar-refractivity contribution is 5.27. The largest absolute Gasteiger partial charge is 0.497 e. The maximum atomic E-state index is 9.65. The third-order valence-electron chi connectivity index (χ3n) is 3.25. The fraction of sp³-hybridized carbons (Fsp3) is 0.538. The molecule has 1 aromatic carbocycles. The Kier molecular flexibility index (Phi) is 4.54. The van der Waals surface area contributed by atoms with Gasteiger partial charge in [-0.3, -0.25) is 0 Å². The average Bonchev–Trinajstić information content (AvgIpc) is 2.71. The van der Waals surface area contributed by atoms with Gasteiger partial charge in [0.05, 0.1) is 19.3 Å². The molecular weight excluding hydrogens is 232 g/mol. The molecule has 0 bridgehead atoms. The van der Waals surface area contributed by atoms with Crippen LogP contribution in [0, 0.1) is 0 Å². The Morgan fingerprint density at radius 3 is 2.61 bits per heavy atom. The second kappa shape index (κ2) is 6.15. The molecule has 0 spiro atoms.